The summed E-state index contributed by atoms with van der Waals surface area (Å²) in [6, 6.07) is 48.7. The summed E-state index contributed by atoms with van der Waals surface area (Å²) in [4.78, 5) is 61.8. The molecule has 3 atom stereocenters. The molecule has 0 unspecified atom stereocenters. The van der Waals surface area contributed by atoms with Gasteiger partial charge in [-0.25, -0.2) is 4.79 Å². The Labute approximate surface area is 487 Å². The van der Waals surface area contributed by atoms with Crippen LogP contribution >= 0.6 is 15.9 Å². The number of nitrogens with zero attached hydrogens (tertiary/aromatic N) is 6. The van der Waals surface area contributed by atoms with Crippen LogP contribution in [0.25, 0.3) is 10.6 Å². The summed E-state index contributed by atoms with van der Waals surface area (Å²) < 4.78 is 87.3. The predicted octanol–water partition coefficient (Wildman–Crippen LogP) is 12.4. The second-order valence-electron chi connectivity index (χ2n) is 17.1. The Morgan fingerprint density at radius 2 is 0.987 bits per heavy atom. The molecule has 0 aliphatic carbocycles. The van der Waals surface area contributed by atoms with Gasteiger partial charge < -0.3 is 30.4 Å². The van der Waals surface area contributed by atoms with Crippen molar-refractivity contribution in [1.29, 1.82) is 0 Å². The number of aliphatic imine (C=N–C) groups is 2. The molecule has 396 valence electrons. The number of carboxylic acids is 2. The van der Waals surface area contributed by atoms with Crippen LogP contribution in [0.3, 0.4) is 0 Å². The fourth-order valence-corrected chi connectivity index (χ4v) is 8.54. The Morgan fingerprint density at radius 1 is 0.587 bits per heavy atom. The number of para-hydroxylation sites is 2. The molecule has 2 N–H and O–H groups in total. The van der Waals surface area contributed by atoms with Gasteiger partial charge >= 0.3 is 44.9 Å². The van der Waals surface area contributed by atoms with Crippen molar-refractivity contribution in [3.05, 3.63) is 214 Å². The maximum absolute atomic E-state index is 13.5. The Bertz CT molecular complexity index is 3210. The first-order valence-corrected chi connectivity index (χ1v) is 24.6. The molecule has 0 saturated carbocycles. The summed E-state index contributed by atoms with van der Waals surface area (Å²) in [7, 11) is 0. The topological polar surface area (TPSA) is 168 Å². The average molecular weight is 1180 g/mol. The molecule has 0 radical (unpaired) electrons. The second-order valence-corrected chi connectivity index (χ2v) is 18.0. The van der Waals surface area contributed by atoms with Gasteiger partial charge in [0, 0.05) is 45.5 Å². The van der Waals surface area contributed by atoms with Crippen LogP contribution in [-0.2, 0) is 65.3 Å². The van der Waals surface area contributed by atoms with Crippen molar-refractivity contribution in [3.63, 3.8) is 0 Å². The summed E-state index contributed by atoms with van der Waals surface area (Å²) in [6.45, 7) is -8.63. The number of carboxylic acid groups (broad SMARTS) is 2. The van der Waals surface area contributed by atoms with Crippen molar-refractivity contribution in [3.8, 4) is 0 Å². The monoisotopic (exact) mass is 1170 g/mol. The molecule has 2 aliphatic rings. The summed E-state index contributed by atoms with van der Waals surface area (Å²) in [5, 5.41) is 28.1. The molecule has 0 spiro atoms. The number of aliphatic carboxylic acids is 2. The smallest absolute Gasteiger partial charge is 0.625 e. The number of halogens is 1. The van der Waals surface area contributed by atoms with Crippen LogP contribution in [0.5, 0.6) is 0 Å². The van der Waals surface area contributed by atoms with E-state index in [1.165, 1.54) is 5.56 Å². The van der Waals surface area contributed by atoms with Crippen molar-refractivity contribution in [2.45, 2.75) is 89.1 Å². The molecule has 6 aromatic carbocycles. The van der Waals surface area contributed by atoms with Gasteiger partial charge in [0.2, 0.25) is 0 Å². The van der Waals surface area contributed by atoms with Gasteiger partial charge in [-0.1, -0.05) is 213 Å². The van der Waals surface area contributed by atoms with Gasteiger partial charge in [0.15, 0.2) is 0 Å². The van der Waals surface area contributed by atoms with E-state index in [1.807, 2.05) is 97.1 Å². The Kier molecular flexibility index (Phi) is 19.1. The molecule has 75 heavy (non-hydrogen) atoms. The van der Waals surface area contributed by atoms with Gasteiger partial charge in [-0.05, 0) is 66.9 Å². The van der Waals surface area contributed by atoms with E-state index in [1.54, 1.807) is 60.7 Å². The number of rotatable bonds is 17. The van der Waals surface area contributed by atoms with E-state index < -0.39 is 62.2 Å². The SMILES string of the molecule is O=C(O)CN=C(c1ccccc1)c1ccccc1[N-]C(=O)[C@@H]1CCCN1Cc1ccccc1.[2H]C([2H])([2H])C(Br)C([2H])([2H])[2H].[2H]C([2H])([2H])C([C@H](N=C(c1ccccc1)c1ccccc1[N-]C(=O)[C@@H]1CCCN1Cc1ccccc1)C(=O)O)C([2H])([2H])[2H].[Ni+2].[Ni+2]. The number of alkyl halides is 1. The van der Waals surface area contributed by atoms with Gasteiger partial charge in [-0.15, -0.1) is 11.4 Å². The molecule has 0 bridgehead atoms. The molecule has 2 saturated heterocycles. The molecule has 0 aromatic heterocycles. The van der Waals surface area contributed by atoms with Crippen molar-refractivity contribution in [2.24, 2.45) is 15.9 Å². The molecule has 2 amide bonds. The van der Waals surface area contributed by atoms with Crippen LogP contribution in [-0.4, -0.2) is 97.8 Å². The van der Waals surface area contributed by atoms with Crippen LogP contribution < -0.4 is 0 Å². The van der Waals surface area contributed by atoms with Crippen LogP contribution in [0.1, 0.15) is 103 Å². The number of benzene rings is 6. The van der Waals surface area contributed by atoms with Gasteiger partial charge in [-0.2, -0.15) is 0 Å². The number of amides is 2. The van der Waals surface area contributed by atoms with E-state index >= 15 is 0 Å². The van der Waals surface area contributed by atoms with E-state index in [9.17, 15) is 29.4 Å². The molecular formula is C60H65BrN6Ni2O6+2. The fourth-order valence-electron chi connectivity index (χ4n) is 8.54. The van der Waals surface area contributed by atoms with E-state index in [0.29, 0.717) is 42.0 Å². The van der Waals surface area contributed by atoms with Gasteiger partial charge in [0.25, 0.3) is 0 Å². The summed E-state index contributed by atoms with van der Waals surface area (Å²) in [6.07, 6.45) is 3.20. The molecule has 12 nitrogen and oxygen atoms in total. The van der Waals surface area contributed by atoms with Gasteiger partial charge in [0.1, 0.15) is 12.6 Å². The zero-order valence-electron chi connectivity index (χ0n) is 52.6. The number of carbonyl (C=O) groups is 4. The minimum atomic E-state index is -3.13. The summed E-state index contributed by atoms with van der Waals surface area (Å²) in [5.41, 5.74) is 5.64. The largest absolute Gasteiger partial charge is 2.00 e. The Hall–Kier alpha value is -6.07. The van der Waals surface area contributed by atoms with E-state index in [4.69, 9.17) is 16.4 Å². The van der Waals surface area contributed by atoms with Gasteiger partial charge in [-0.3, -0.25) is 24.6 Å². The number of hydrogen-bond donors (Lipinski definition) is 2. The summed E-state index contributed by atoms with van der Waals surface area (Å²) in [5.74, 6) is -5.51. The first-order chi connectivity index (χ1) is 40.1. The van der Waals surface area contributed by atoms with Crippen molar-refractivity contribution < 1.29 is 78.8 Å². The van der Waals surface area contributed by atoms with Gasteiger partial charge in [0.05, 0.1) is 35.3 Å². The fraction of sp³-hybridized carbons (Fsp3) is 0.300. The van der Waals surface area contributed by atoms with Crippen LogP contribution in [0.2, 0.25) is 0 Å². The van der Waals surface area contributed by atoms with E-state index in [-0.39, 0.29) is 74.3 Å². The van der Waals surface area contributed by atoms with Crippen molar-refractivity contribution >= 4 is 62.5 Å². The molecule has 6 aromatic rings. The zero-order chi connectivity index (χ0) is 62.1. The quantitative estimate of drug-likeness (QED) is 0.0517. The third-order valence-corrected chi connectivity index (χ3v) is 11.8. The Balaban J connectivity index is 0.000000321. The number of likely N-dealkylation sites (tertiary alicyclic amines) is 2. The normalized spacial score (nSPS) is 19.0. The third-order valence-electron chi connectivity index (χ3n) is 11.8. The van der Waals surface area contributed by atoms with Crippen LogP contribution in [0.4, 0.5) is 11.4 Å². The number of carbonyl (C=O) groups excluding carboxylic acids is 2. The maximum Gasteiger partial charge on any atom is 2.00 e. The van der Waals surface area contributed by atoms with Crippen molar-refractivity contribution in [2.75, 3.05) is 19.6 Å². The first-order valence-electron chi connectivity index (χ1n) is 29.7. The molecule has 8 rings (SSSR count). The standard InChI is InChI=1S/C30H33N3O3.C27H27N3O3.C3H7Br.2Ni/c1-21(2)27(30(35)36)32-28(23-14-7-4-8-15-23)24-16-9-10-17-25(24)31-29(34)26-18-11-19-33(26)20-22-12-5-3-6-13-22;31-25(32)18-28-26(21-12-5-2-6-13-21)22-14-7-8-15-23(22)29-27(33)24-16-9-17-30(24)19-20-10-3-1-4-11-20;1-3(2)4;;/h3-10,12-17,21,26-27H,11,18-20H2,1-2H3,(H2,31,32,34,35,36);1-8,10-15,24H,9,16-19H2,(H2,28,29,31,32,33);3H,1-2H3;;/q;;;2*+2/p-2/t26-,27-;24-;;;/m00.../s1/i1D3,2D3;;1D3,2D3;;. The molecule has 2 heterocycles. The zero-order valence-corrected chi connectivity index (χ0v) is 44.2. The van der Waals surface area contributed by atoms with E-state index in [2.05, 4.69) is 58.5 Å². The minimum Gasteiger partial charge on any atom is -0.625 e. The van der Waals surface area contributed by atoms with E-state index in [0.717, 1.165) is 43.5 Å². The first kappa shape index (κ1) is 45.2. The summed E-state index contributed by atoms with van der Waals surface area (Å²) >= 11 is 2.59. The van der Waals surface area contributed by atoms with Crippen molar-refractivity contribution in [1.82, 2.24) is 9.80 Å². The second kappa shape index (κ2) is 31.7. The van der Waals surface area contributed by atoms with Crippen LogP contribution in [0, 0.1) is 5.92 Å². The maximum atomic E-state index is 13.5. The Morgan fingerprint density at radius 3 is 1.39 bits per heavy atom. The minimum absolute atomic E-state index is 0. The molecule has 2 aliphatic heterocycles. The third kappa shape index (κ3) is 18.9. The number of hydrogen-bond acceptors (Lipinski definition) is 8. The average Bonchev–Trinajstić information content (AvgIpc) is 1.62. The molecule has 2 fully saturated rings. The molecular weight excluding hydrogens is 1100 g/mol. The van der Waals surface area contributed by atoms with Crippen LogP contribution in [0.15, 0.2) is 180 Å². The molecule has 15 heteroatoms. The predicted molar refractivity (Wildman–Crippen MR) is 296 cm³/mol.